The Morgan fingerprint density at radius 2 is 1.75 bits per heavy atom. The second-order valence-corrected chi connectivity index (χ2v) is 11.8. The van der Waals surface area contributed by atoms with Gasteiger partial charge in [0.05, 0.1) is 11.3 Å². The van der Waals surface area contributed by atoms with Crippen molar-refractivity contribution in [2.45, 2.75) is 61.2 Å². The van der Waals surface area contributed by atoms with Crippen molar-refractivity contribution in [2.24, 2.45) is 0 Å². The largest absolute Gasteiger partial charge is 0.416 e. The first-order chi connectivity index (χ1) is 19.0. The number of hydrogen-bond donors (Lipinski definition) is 2. The Kier molecular flexibility index (Phi) is 7.96. The molecule has 3 atom stereocenters. The zero-order valence-electron chi connectivity index (χ0n) is 21.3. The molecule has 5 rings (SSSR count). The van der Waals surface area contributed by atoms with Crippen molar-refractivity contribution in [1.29, 1.82) is 0 Å². The summed E-state index contributed by atoms with van der Waals surface area (Å²) in [5, 5.41) is 3.08. The third kappa shape index (κ3) is 6.20. The van der Waals surface area contributed by atoms with Crippen molar-refractivity contribution in [2.75, 3.05) is 23.1 Å². The molecule has 2 heterocycles. The fourth-order valence-corrected chi connectivity index (χ4v) is 6.73. The Labute approximate surface area is 228 Å². The van der Waals surface area contributed by atoms with Gasteiger partial charge in [-0.05, 0) is 74.9 Å². The quantitative estimate of drug-likeness (QED) is 0.344. The molecule has 2 fully saturated rings. The zero-order chi connectivity index (χ0) is 28.5. The van der Waals surface area contributed by atoms with Crippen LogP contribution in [-0.4, -0.2) is 48.5 Å². The van der Waals surface area contributed by atoms with Gasteiger partial charge in [0, 0.05) is 24.3 Å². The highest BCUT2D eigenvalue weighted by atomic mass is 32.2. The zero-order valence-corrected chi connectivity index (χ0v) is 22.2. The van der Waals surface area contributed by atoms with E-state index in [-0.39, 0.29) is 29.5 Å². The van der Waals surface area contributed by atoms with Gasteiger partial charge in [0.1, 0.15) is 28.7 Å². The van der Waals surface area contributed by atoms with Crippen molar-refractivity contribution in [3.05, 3.63) is 77.8 Å². The van der Waals surface area contributed by atoms with Crippen LogP contribution in [0, 0.1) is 11.6 Å². The van der Waals surface area contributed by atoms with Crippen LogP contribution in [0.2, 0.25) is 0 Å². The molecule has 3 aromatic rings. The first kappa shape index (κ1) is 28.2. The molecule has 7 nitrogen and oxygen atoms in total. The van der Waals surface area contributed by atoms with Crippen LogP contribution in [0.3, 0.4) is 0 Å². The standard InChI is InChI=1S/C27H28F5N5O2S/c28-20-15-25(40(38,39)36-26-8-9-33-16-34-26)21(29)14-23(20)35-22-7-6-18(13-24(22)37-10-1-2-11-37)17-4-3-5-19(12-17)27(30,31)32/h3-5,8-9,12,14-16,18,22,24,35H,1-2,6-7,10-11,13H2,(H,33,34,36)/t18-,22?,24-/m0/s1. The molecule has 1 saturated heterocycles. The monoisotopic (exact) mass is 581 g/mol. The second kappa shape index (κ2) is 11.3. The molecule has 1 aliphatic carbocycles. The summed E-state index contributed by atoms with van der Waals surface area (Å²) in [6.07, 6.45) is 1.56. The number of sulfonamides is 1. The predicted octanol–water partition coefficient (Wildman–Crippen LogP) is 5.79. The van der Waals surface area contributed by atoms with Gasteiger partial charge < -0.3 is 5.32 Å². The van der Waals surface area contributed by atoms with Gasteiger partial charge in [-0.15, -0.1) is 0 Å². The van der Waals surface area contributed by atoms with Gasteiger partial charge in [0.15, 0.2) is 0 Å². The predicted molar refractivity (Wildman–Crippen MR) is 139 cm³/mol. The van der Waals surface area contributed by atoms with E-state index in [0.29, 0.717) is 30.9 Å². The smallest absolute Gasteiger partial charge is 0.378 e. The lowest BCUT2D eigenvalue weighted by molar-refractivity contribution is -0.137. The summed E-state index contributed by atoms with van der Waals surface area (Å²) >= 11 is 0. The summed E-state index contributed by atoms with van der Waals surface area (Å²) in [6, 6.07) is 7.66. The van der Waals surface area contributed by atoms with Crippen molar-refractivity contribution in [3.8, 4) is 0 Å². The average Bonchev–Trinajstić information content (AvgIpc) is 3.45. The van der Waals surface area contributed by atoms with Crippen molar-refractivity contribution < 1.29 is 30.4 Å². The molecule has 0 amide bonds. The van der Waals surface area contributed by atoms with Crippen LogP contribution in [0.15, 0.2) is 59.9 Å². The first-order valence-electron chi connectivity index (χ1n) is 13.0. The van der Waals surface area contributed by atoms with E-state index in [1.807, 2.05) is 0 Å². The molecule has 1 aliphatic heterocycles. The maximum absolute atomic E-state index is 15.2. The number of alkyl halides is 3. The fourth-order valence-electron chi connectivity index (χ4n) is 5.65. The lowest BCUT2D eigenvalue weighted by atomic mass is 9.77. The van der Waals surface area contributed by atoms with Crippen LogP contribution in [-0.2, 0) is 16.2 Å². The van der Waals surface area contributed by atoms with Crippen LogP contribution in [0.5, 0.6) is 0 Å². The number of aromatic nitrogens is 2. The van der Waals surface area contributed by atoms with Gasteiger partial charge in [-0.2, -0.15) is 13.2 Å². The van der Waals surface area contributed by atoms with E-state index in [9.17, 15) is 21.6 Å². The number of halogens is 5. The molecule has 1 unspecified atom stereocenters. The lowest BCUT2D eigenvalue weighted by Gasteiger charge is -2.42. The minimum Gasteiger partial charge on any atom is -0.378 e. The number of benzene rings is 2. The highest BCUT2D eigenvalue weighted by Crippen LogP contribution is 2.40. The van der Waals surface area contributed by atoms with Gasteiger partial charge >= 0.3 is 6.18 Å². The molecule has 13 heteroatoms. The third-order valence-corrected chi connectivity index (χ3v) is 8.95. The van der Waals surface area contributed by atoms with Gasteiger partial charge in [0.2, 0.25) is 0 Å². The van der Waals surface area contributed by atoms with Gasteiger partial charge in [-0.3, -0.25) is 9.62 Å². The van der Waals surface area contributed by atoms with Gasteiger partial charge in [0.25, 0.3) is 10.0 Å². The summed E-state index contributed by atoms with van der Waals surface area (Å²) in [6.45, 7) is 1.61. The molecule has 1 aromatic heterocycles. The van der Waals surface area contributed by atoms with Crippen LogP contribution < -0.4 is 10.0 Å². The molecule has 40 heavy (non-hydrogen) atoms. The Bertz CT molecular complexity index is 1450. The van der Waals surface area contributed by atoms with Crippen LogP contribution in [0.1, 0.15) is 49.1 Å². The van der Waals surface area contributed by atoms with E-state index in [1.165, 1.54) is 24.4 Å². The SMILES string of the molecule is O=S(=O)(Nc1ccncn1)c1cc(F)c(NC2CC[C@H](c3cccc(C(F)(F)F)c3)C[C@@H]2N2CCCC2)cc1F. The molecule has 1 saturated carbocycles. The number of rotatable bonds is 7. The summed E-state index contributed by atoms with van der Waals surface area (Å²) in [5.74, 6) is -2.29. The second-order valence-electron chi connectivity index (χ2n) is 10.2. The summed E-state index contributed by atoms with van der Waals surface area (Å²) < 4.78 is 97.6. The van der Waals surface area contributed by atoms with E-state index in [2.05, 4.69) is 24.9 Å². The highest BCUT2D eigenvalue weighted by Gasteiger charge is 2.38. The minimum absolute atomic E-state index is 0.0944. The minimum atomic E-state index is -4.46. The molecule has 0 bridgehead atoms. The van der Waals surface area contributed by atoms with Gasteiger partial charge in [-0.1, -0.05) is 18.2 Å². The van der Waals surface area contributed by atoms with Crippen molar-refractivity contribution in [1.82, 2.24) is 14.9 Å². The van der Waals surface area contributed by atoms with Crippen LogP contribution >= 0.6 is 0 Å². The number of nitrogens with zero attached hydrogens (tertiary/aromatic N) is 3. The Morgan fingerprint density at radius 1 is 0.975 bits per heavy atom. The molecular formula is C27H28F5N5O2S. The average molecular weight is 582 g/mol. The number of likely N-dealkylation sites (tertiary alicyclic amines) is 1. The van der Waals surface area contributed by atoms with E-state index >= 15 is 8.78 Å². The molecule has 0 spiro atoms. The first-order valence-corrected chi connectivity index (χ1v) is 14.5. The lowest BCUT2D eigenvalue weighted by Crippen LogP contribution is -2.49. The Morgan fingerprint density at radius 3 is 2.45 bits per heavy atom. The van der Waals surface area contributed by atoms with E-state index in [1.54, 1.807) is 6.07 Å². The molecule has 2 aliphatic rings. The molecular weight excluding hydrogens is 553 g/mol. The third-order valence-electron chi connectivity index (χ3n) is 7.58. The maximum atomic E-state index is 15.2. The van der Waals surface area contributed by atoms with Gasteiger partial charge in [-0.25, -0.2) is 27.2 Å². The molecule has 2 aromatic carbocycles. The molecule has 0 radical (unpaired) electrons. The fraction of sp³-hybridized carbons (Fsp3) is 0.407. The topological polar surface area (TPSA) is 87.2 Å². The summed E-state index contributed by atoms with van der Waals surface area (Å²) in [5.41, 5.74) is -0.254. The number of anilines is 2. The van der Waals surface area contributed by atoms with E-state index in [4.69, 9.17) is 0 Å². The van der Waals surface area contributed by atoms with Crippen LogP contribution in [0.25, 0.3) is 0 Å². The summed E-state index contributed by atoms with van der Waals surface area (Å²) in [4.78, 5) is 8.80. The molecule has 214 valence electrons. The Hall–Kier alpha value is -3.32. The normalized spacial score (nSPS) is 22.3. The highest BCUT2D eigenvalue weighted by molar-refractivity contribution is 7.92. The molecule has 2 N–H and O–H groups in total. The van der Waals surface area contributed by atoms with E-state index < -0.39 is 38.3 Å². The van der Waals surface area contributed by atoms with Crippen molar-refractivity contribution >= 4 is 21.5 Å². The Balaban J connectivity index is 1.36. The number of nitrogens with one attached hydrogen (secondary N) is 2. The van der Waals surface area contributed by atoms with E-state index in [0.717, 1.165) is 44.4 Å². The summed E-state index contributed by atoms with van der Waals surface area (Å²) in [7, 11) is -4.46. The van der Waals surface area contributed by atoms with Crippen molar-refractivity contribution in [3.63, 3.8) is 0 Å². The maximum Gasteiger partial charge on any atom is 0.416 e. The van der Waals surface area contributed by atoms with Crippen LogP contribution in [0.4, 0.5) is 33.5 Å². The number of hydrogen-bond acceptors (Lipinski definition) is 6.